The molecule has 5 nitrogen and oxygen atoms in total. The average molecular weight is 370 g/mol. The monoisotopic (exact) mass is 369 g/mol. The summed E-state index contributed by atoms with van der Waals surface area (Å²) in [6, 6.07) is 9.69. The Morgan fingerprint density at radius 1 is 1.19 bits per heavy atom. The van der Waals surface area contributed by atoms with E-state index in [4.69, 9.17) is 4.52 Å². The number of carbonyl (C=O) groups is 1. The van der Waals surface area contributed by atoms with Crippen molar-refractivity contribution in [2.45, 2.75) is 40.0 Å². The molecule has 2 heterocycles. The molecule has 5 heteroatoms. The minimum atomic E-state index is -0.104. The van der Waals surface area contributed by atoms with E-state index in [9.17, 15) is 4.79 Å². The number of likely N-dealkylation sites (tertiary alicyclic amines) is 1. The lowest BCUT2D eigenvalue weighted by atomic mass is 9.92. The fraction of sp³-hybridized carbons (Fsp3) is 0.545. The van der Waals surface area contributed by atoms with Crippen LogP contribution in [0, 0.1) is 18.8 Å². The van der Waals surface area contributed by atoms with Gasteiger partial charge in [-0.2, -0.15) is 0 Å². The molecule has 1 aromatic heterocycles. The third-order valence-electron chi connectivity index (χ3n) is 5.27. The van der Waals surface area contributed by atoms with E-state index in [1.165, 1.54) is 19.5 Å². The molecule has 3 rings (SSSR count). The molecule has 0 aliphatic carbocycles. The molecule has 27 heavy (non-hydrogen) atoms. The van der Waals surface area contributed by atoms with Gasteiger partial charge in [-0.1, -0.05) is 49.3 Å². The van der Waals surface area contributed by atoms with Crippen LogP contribution in [0.2, 0.25) is 0 Å². The summed E-state index contributed by atoms with van der Waals surface area (Å²) in [4.78, 5) is 15.2. The Kier molecular flexibility index (Phi) is 6.67. The molecule has 1 saturated heterocycles. The van der Waals surface area contributed by atoms with E-state index >= 15 is 0 Å². The summed E-state index contributed by atoms with van der Waals surface area (Å²) in [6.45, 7) is 10.7. The number of benzene rings is 1. The molecule has 0 spiro atoms. The van der Waals surface area contributed by atoms with Gasteiger partial charge in [0.1, 0.15) is 17.0 Å². The van der Waals surface area contributed by atoms with Crippen LogP contribution in [0.15, 0.2) is 34.9 Å². The lowest BCUT2D eigenvalue weighted by Crippen LogP contribution is -2.39. The maximum Gasteiger partial charge on any atom is 0.257 e. The Labute approximate surface area is 162 Å². The molecule has 0 radical (unpaired) electrons. The molecule has 1 fully saturated rings. The van der Waals surface area contributed by atoms with Crippen LogP contribution < -0.4 is 5.32 Å². The Morgan fingerprint density at radius 2 is 1.89 bits per heavy atom. The Bertz CT molecular complexity index is 731. The number of aryl methyl sites for hydroxylation is 1. The van der Waals surface area contributed by atoms with Gasteiger partial charge in [0, 0.05) is 25.2 Å². The highest BCUT2D eigenvalue weighted by Gasteiger charge is 2.22. The zero-order chi connectivity index (χ0) is 19.2. The molecule has 1 amide bonds. The van der Waals surface area contributed by atoms with Crippen LogP contribution in [-0.2, 0) is 0 Å². The molecule has 1 N–H and O–H groups in total. The number of hydrogen-bond acceptors (Lipinski definition) is 4. The van der Waals surface area contributed by atoms with E-state index in [0.29, 0.717) is 23.6 Å². The van der Waals surface area contributed by atoms with Gasteiger partial charge in [-0.05, 0) is 44.6 Å². The minimum Gasteiger partial charge on any atom is -0.360 e. The molecule has 1 aromatic carbocycles. The lowest BCUT2D eigenvalue weighted by molar-refractivity contribution is 0.0950. The zero-order valence-corrected chi connectivity index (χ0v) is 16.7. The van der Waals surface area contributed by atoms with E-state index in [1.807, 2.05) is 30.3 Å². The summed E-state index contributed by atoms with van der Waals surface area (Å²) in [7, 11) is 0. The smallest absolute Gasteiger partial charge is 0.257 e. The zero-order valence-electron chi connectivity index (χ0n) is 16.7. The first-order valence-corrected chi connectivity index (χ1v) is 10.1. The molecular formula is C22H31N3O2. The van der Waals surface area contributed by atoms with Gasteiger partial charge >= 0.3 is 0 Å². The summed E-state index contributed by atoms with van der Waals surface area (Å²) in [5.41, 5.74) is 2.05. The Hall–Kier alpha value is -2.14. The number of nitrogens with one attached hydrogen (secondary N) is 1. The molecule has 0 unspecified atom stereocenters. The number of rotatable bonds is 7. The maximum absolute atomic E-state index is 12.7. The van der Waals surface area contributed by atoms with Gasteiger partial charge in [0.15, 0.2) is 0 Å². The Balaban J connectivity index is 1.47. The van der Waals surface area contributed by atoms with Crippen molar-refractivity contribution >= 4 is 5.91 Å². The SMILES string of the molecule is Cc1onc(-c2ccccc2)c1C(=O)NCCCCN1C[C@@H](C)C[C@H](C)C1. The topological polar surface area (TPSA) is 58.4 Å². The molecule has 1 aliphatic rings. The molecule has 0 bridgehead atoms. The first-order chi connectivity index (χ1) is 13.0. The predicted molar refractivity (Wildman–Crippen MR) is 108 cm³/mol. The van der Waals surface area contributed by atoms with Crippen molar-refractivity contribution in [2.75, 3.05) is 26.2 Å². The molecule has 2 aromatic rings. The first-order valence-electron chi connectivity index (χ1n) is 10.1. The van der Waals surface area contributed by atoms with Crippen LogP contribution >= 0.6 is 0 Å². The average Bonchev–Trinajstić information content (AvgIpc) is 3.03. The third-order valence-corrected chi connectivity index (χ3v) is 5.27. The summed E-state index contributed by atoms with van der Waals surface area (Å²) in [5.74, 6) is 2.04. The molecule has 0 saturated carbocycles. The van der Waals surface area contributed by atoms with Crippen LogP contribution in [0.1, 0.15) is 49.2 Å². The number of amides is 1. The maximum atomic E-state index is 12.7. The first kappa shape index (κ1) is 19.6. The van der Waals surface area contributed by atoms with Gasteiger partial charge in [0.05, 0.1) is 0 Å². The van der Waals surface area contributed by atoms with Crippen molar-refractivity contribution < 1.29 is 9.32 Å². The minimum absolute atomic E-state index is 0.104. The lowest BCUT2D eigenvalue weighted by Gasteiger charge is -2.34. The molecule has 1 aliphatic heterocycles. The van der Waals surface area contributed by atoms with E-state index in [1.54, 1.807) is 6.92 Å². The molecule has 2 atom stereocenters. The summed E-state index contributed by atoms with van der Waals surface area (Å²) < 4.78 is 5.28. The second-order valence-corrected chi connectivity index (χ2v) is 8.00. The van der Waals surface area contributed by atoms with Crippen molar-refractivity contribution in [3.8, 4) is 11.3 Å². The largest absolute Gasteiger partial charge is 0.360 e. The van der Waals surface area contributed by atoms with Crippen molar-refractivity contribution in [2.24, 2.45) is 11.8 Å². The third kappa shape index (κ3) is 5.19. The number of carbonyl (C=O) groups excluding carboxylic acids is 1. The molecular weight excluding hydrogens is 338 g/mol. The summed E-state index contributed by atoms with van der Waals surface area (Å²) in [6.07, 6.45) is 3.43. The van der Waals surface area contributed by atoms with Crippen LogP contribution in [0.3, 0.4) is 0 Å². The van der Waals surface area contributed by atoms with Crippen LogP contribution in [0.25, 0.3) is 11.3 Å². The highest BCUT2D eigenvalue weighted by Crippen LogP contribution is 2.25. The van der Waals surface area contributed by atoms with Gasteiger partial charge in [-0.15, -0.1) is 0 Å². The summed E-state index contributed by atoms with van der Waals surface area (Å²) >= 11 is 0. The fourth-order valence-electron chi connectivity index (χ4n) is 4.16. The highest BCUT2D eigenvalue weighted by atomic mass is 16.5. The number of unbranched alkanes of at least 4 members (excludes halogenated alkanes) is 1. The fourth-order valence-corrected chi connectivity index (χ4v) is 4.16. The van der Waals surface area contributed by atoms with Crippen LogP contribution in [-0.4, -0.2) is 42.1 Å². The summed E-state index contributed by atoms with van der Waals surface area (Å²) in [5, 5.41) is 7.12. The number of aromatic nitrogens is 1. The van der Waals surface area contributed by atoms with Gasteiger partial charge in [0.2, 0.25) is 0 Å². The second-order valence-electron chi connectivity index (χ2n) is 8.00. The van der Waals surface area contributed by atoms with Crippen molar-refractivity contribution in [3.05, 3.63) is 41.7 Å². The molecule has 146 valence electrons. The van der Waals surface area contributed by atoms with Gasteiger partial charge < -0.3 is 14.7 Å². The van der Waals surface area contributed by atoms with Crippen LogP contribution in [0.5, 0.6) is 0 Å². The van der Waals surface area contributed by atoms with E-state index < -0.39 is 0 Å². The van der Waals surface area contributed by atoms with Gasteiger partial charge in [-0.3, -0.25) is 4.79 Å². The van der Waals surface area contributed by atoms with Gasteiger partial charge in [-0.25, -0.2) is 0 Å². The van der Waals surface area contributed by atoms with Gasteiger partial charge in [0.25, 0.3) is 5.91 Å². The van der Waals surface area contributed by atoms with Crippen molar-refractivity contribution in [1.82, 2.24) is 15.4 Å². The van der Waals surface area contributed by atoms with Crippen molar-refractivity contribution in [1.29, 1.82) is 0 Å². The number of nitrogens with zero attached hydrogens (tertiary/aromatic N) is 2. The Morgan fingerprint density at radius 3 is 2.59 bits per heavy atom. The van der Waals surface area contributed by atoms with E-state index in [2.05, 4.69) is 29.2 Å². The van der Waals surface area contributed by atoms with E-state index in [0.717, 1.165) is 36.8 Å². The van der Waals surface area contributed by atoms with Crippen molar-refractivity contribution in [3.63, 3.8) is 0 Å². The highest BCUT2D eigenvalue weighted by molar-refractivity contribution is 6.00. The predicted octanol–water partition coefficient (Wildman–Crippen LogP) is 4.14. The normalized spacial score (nSPS) is 20.6. The number of piperidine rings is 1. The van der Waals surface area contributed by atoms with Crippen LogP contribution in [0.4, 0.5) is 0 Å². The standard InChI is InChI=1S/C22H31N3O2/c1-16-13-17(2)15-25(14-16)12-8-7-11-23-22(26)20-18(3)27-24-21(20)19-9-5-4-6-10-19/h4-6,9-10,16-17H,7-8,11-15H2,1-3H3,(H,23,26)/t16-,17-/m0/s1. The quantitative estimate of drug-likeness (QED) is 0.745. The van der Waals surface area contributed by atoms with E-state index in [-0.39, 0.29) is 5.91 Å². The number of hydrogen-bond donors (Lipinski definition) is 1. The second kappa shape index (κ2) is 9.18.